The van der Waals surface area contributed by atoms with Gasteiger partial charge in [0.05, 0.1) is 22.8 Å². The van der Waals surface area contributed by atoms with Gasteiger partial charge in [0.2, 0.25) is 17.7 Å². The van der Waals surface area contributed by atoms with Gasteiger partial charge in [-0.25, -0.2) is 0 Å². The molecule has 3 rings (SSSR count). The van der Waals surface area contributed by atoms with Gasteiger partial charge in [0.15, 0.2) is 0 Å². The van der Waals surface area contributed by atoms with E-state index in [4.69, 9.17) is 5.26 Å². The number of anilines is 1. The van der Waals surface area contributed by atoms with Crippen molar-refractivity contribution < 1.29 is 14.4 Å². The van der Waals surface area contributed by atoms with Crippen LogP contribution in [0.2, 0.25) is 0 Å². The first-order valence-electron chi connectivity index (χ1n) is 17.2. The van der Waals surface area contributed by atoms with Crippen molar-refractivity contribution in [3.8, 4) is 12.1 Å². The third-order valence-corrected chi connectivity index (χ3v) is 10.8. The van der Waals surface area contributed by atoms with Crippen LogP contribution in [0, 0.1) is 40.4 Å². The maximum atomic E-state index is 13.2. The fourth-order valence-electron chi connectivity index (χ4n) is 6.24. The van der Waals surface area contributed by atoms with Crippen LogP contribution in [0.3, 0.4) is 0 Å². The highest BCUT2D eigenvalue weighted by atomic mass is 32.2. The molecule has 11 heteroatoms. The Bertz CT molecular complexity index is 1190. The average molecular weight is 652 g/mol. The Morgan fingerprint density at radius 2 is 1.76 bits per heavy atom. The summed E-state index contributed by atoms with van der Waals surface area (Å²) in [7, 11) is 0. The zero-order valence-electron chi connectivity index (χ0n) is 27.9. The summed E-state index contributed by atoms with van der Waals surface area (Å²) >= 11 is 1.56. The van der Waals surface area contributed by atoms with E-state index in [-0.39, 0.29) is 34.3 Å². The number of hydrogen-bond acceptors (Lipinski definition) is 8. The highest BCUT2D eigenvalue weighted by Crippen LogP contribution is 2.37. The molecule has 1 aliphatic carbocycles. The first-order chi connectivity index (χ1) is 22.3. The lowest BCUT2D eigenvalue weighted by Crippen LogP contribution is -2.39. The number of likely N-dealkylation sites (N-methyl/N-ethyl adjacent to an activating group) is 1. The average Bonchev–Trinajstić information content (AvgIpc) is 3.38. The summed E-state index contributed by atoms with van der Waals surface area (Å²) in [5, 5.41) is 27.9. The molecule has 1 aliphatic heterocycles. The Morgan fingerprint density at radius 3 is 2.39 bits per heavy atom. The van der Waals surface area contributed by atoms with Gasteiger partial charge in [0.25, 0.3) is 0 Å². The van der Waals surface area contributed by atoms with Gasteiger partial charge in [0, 0.05) is 57.2 Å². The summed E-state index contributed by atoms with van der Waals surface area (Å²) in [5.74, 6) is -0.437. The van der Waals surface area contributed by atoms with Crippen LogP contribution >= 0.6 is 11.8 Å². The van der Waals surface area contributed by atoms with E-state index in [1.165, 1.54) is 5.56 Å². The summed E-state index contributed by atoms with van der Waals surface area (Å²) in [6, 6.07) is 12.7. The van der Waals surface area contributed by atoms with E-state index in [1.807, 2.05) is 19.1 Å². The zero-order valence-corrected chi connectivity index (χ0v) is 28.7. The van der Waals surface area contributed by atoms with E-state index >= 15 is 0 Å². The van der Waals surface area contributed by atoms with Gasteiger partial charge >= 0.3 is 0 Å². The highest BCUT2D eigenvalue weighted by molar-refractivity contribution is 8.01. The van der Waals surface area contributed by atoms with Crippen molar-refractivity contribution in [2.45, 2.75) is 89.2 Å². The van der Waals surface area contributed by atoms with Crippen molar-refractivity contribution in [1.29, 1.82) is 10.5 Å². The number of rotatable bonds is 19. The lowest BCUT2D eigenvalue weighted by Gasteiger charge is -2.26. The maximum Gasteiger partial charge on any atom is 0.237 e. The molecule has 0 spiro atoms. The second-order valence-corrected chi connectivity index (χ2v) is 13.7. The molecular formula is C35H53N7O3S. The molecule has 10 nitrogen and oxygen atoms in total. The minimum absolute atomic E-state index is 0.0677. The topological polar surface area (TPSA) is 141 Å². The van der Waals surface area contributed by atoms with Crippen LogP contribution in [0.25, 0.3) is 0 Å². The number of benzene rings is 1. The molecule has 0 radical (unpaired) electrons. The molecule has 3 unspecified atom stereocenters. The number of nitrogens with zero attached hydrogens (tertiary/aromatic N) is 4. The number of nitrogens with one attached hydrogen (secondary N) is 3. The first kappa shape index (κ1) is 37.2. The molecule has 0 aromatic heterocycles. The molecule has 2 fully saturated rings. The molecule has 1 saturated carbocycles. The third kappa shape index (κ3) is 11.8. The van der Waals surface area contributed by atoms with Gasteiger partial charge in [0.1, 0.15) is 5.92 Å². The van der Waals surface area contributed by atoms with Crippen LogP contribution in [0.15, 0.2) is 24.3 Å². The molecule has 1 aromatic carbocycles. The maximum absolute atomic E-state index is 13.2. The van der Waals surface area contributed by atoms with Crippen molar-refractivity contribution >= 4 is 35.2 Å². The standard InChI is InChI=1S/C35H53N7O3S/c1-4-41(5-2)21-20-39-32(43)9-7-8-26-14-16-30(17-15-26)38-19-18-31-35(45)42(6-3)33(46-31)22-29(24-37)34(44)40-25-28-12-10-27(23-36)11-13-28/h14-17,27-29,31,33,38H,4-13,18-22,25H2,1-3H3,(H,39,43)(H,40,44). The second kappa shape index (κ2) is 20.1. The molecule has 3 amide bonds. The van der Waals surface area contributed by atoms with E-state index in [0.29, 0.717) is 51.4 Å². The van der Waals surface area contributed by atoms with E-state index in [2.05, 4.69) is 59.0 Å². The molecular weight excluding hydrogens is 598 g/mol. The normalized spacial score (nSPS) is 21.8. The van der Waals surface area contributed by atoms with Crippen molar-refractivity contribution in [3.05, 3.63) is 29.8 Å². The summed E-state index contributed by atoms with van der Waals surface area (Å²) in [6.07, 6.45) is 6.71. The molecule has 1 aromatic rings. The molecule has 1 saturated heterocycles. The number of amides is 3. The summed E-state index contributed by atoms with van der Waals surface area (Å²) in [6.45, 7) is 11.5. The molecule has 3 atom stereocenters. The van der Waals surface area contributed by atoms with Gasteiger partial charge in [-0.1, -0.05) is 26.0 Å². The second-order valence-electron chi connectivity index (χ2n) is 12.4. The van der Waals surface area contributed by atoms with Crippen LogP contribution in [0.1, 0.15) is 77.7 Å². The van der Waals surface area contributed by atoms with E-state index in [0.717, 1.165) is 63.8 Å². The Hall–Kier alpha value is -3.28. The number of nitriles is 2. The van der Waals surface area contributed by atoms with Crippen LogP contribution in [-0.4, -0.2) is 84.0 Å². The summed E-state index contributed by atoms with van der Waals surface area (Å²) < 4.78 is 0. The SMILES string of the molecule is CCN(CC)CCNC(=O)CCCc1ccc(NCCC2SC(CC(C#N)C(=O)NCC3CCC(C#N)CC3)N(CC)C2=O)cc1. The molecule has 0 bridgehead atoms. The third-order valence-electron chi connectivity index (χ3n) is 9.28. The van der Waals surface area contributed by atoms with E-state index < -0.39 is 5.92 Å². The predicted octanol–water partition coefficient (Wildman–Crippen LogP) is 4.54. The monoisotopic (exact) mass is 651 g/mol. The minimum Gasteiger partial charge on any atom is -0.385 e. The van der Waals surface area contributed by atoms with Crippen LogP contribution in [0.5, 0.6) is 0 Å². The lowest BCUT2D eigenvalue weighted by atomic mass is 9.82. The number of thioether (sulfide) groups is 1. The summed E-state index contributed by atoms with van der Waals surface area (Å²) in [4.78, 5) is 42.3. The van der Waals surface area contributed by atoms with Gasteiger partial charge in [-0.05, 0) is 88.6 Å². The molecule has 252 valence electrons. The smallest absolute Gasteiger partial charge is 0.237 e. The van der Waals surface area contributed by atoms with Crippen molar-refractivity contribution in [2.24, 2.45) is 17.8 Å². The molecule has 1 heterocycles. The van der Waals surface area contributed by atoms with E-state index in [1.54, 1.807) is 16.7 Å². The van der Waals surface area contributed by atoms with Gasteiger partial charge < -0.3 is 25.8 Å². The van der Waals surface area contributed by atoms with Crippen molar-refractivity contribution in [3.63, 3.8) is 0 Å². The largest absolute Gasteiger partial charge is 0.385 e. The van der Waals surface area contributed by atoms with Crippen LogP contribution in [-0.2, 0) is 20.8 Å². The number of carbonyl (C=O) groups excluding carboxylic acids is 3. The van der Waals surface area contributed by atoms with Gasteiger partial charge in [-0.2, -0.15) is 10.5 Å². The summed E-state index contributed by atoms with van der Waals surface area (Å²) in [5.41, 5.74) is 2.17. The van der Waals surface area contributed by atoms with Gasteiger partial charge in [-0.15, -0.1) is 11.8 Å². The molecule has 3 N–H and O–H groups in total. The van der Waals surface area contributed by atoms with E-state index in [9.17, 15) is 19.6 Å². The number of aryl methyl sites for hydroxylation is 1. The number of hydrogen-bond donors (Lipinski definition) is 3. The molecule has 46 heavy (non-hydrogen) atoms. The first-order valence-corrected chi connectivity index (χ1v) is 18.1. The van der Waals surface area contributed by atoms with Crippen molar-refractivity contribution in [1.82, 2.24) is 20.4 Å². The number of carbonyl (C=O) groups is 3. The highest BCUT2D eigenvalue weighted by Gasteiger charge is 2.41. The minimum atomic E-state index is -0.808. The lowest BCUT2D eigenvalue weighted by molar-refractivity contribution is -0.131. The van der Waals surface area contributed by atoms with Gasteiger partial charge in [-0.3, -0.25) is 14.4 Å². The zero-order chi connectivity index (χ0) is 33.3. The molecule has 2 aliphatic rings. The Morgan fingerprint density at radius 1 is 1.04 bits per heavy atom. The van der Waals surface area contributed by atoms with Crippen LogP contribution < -0.4 is 16.0 Å². The fourth-order valence-corrected chi connectivity index (χ4v) is 7.83. The fraction of sp³-hybridized carbons (Fsp3) is 0.686. The quantitative estimate of drug-likeness (QED) is 0.198. The Balaban J connectivity index is 1.36. The van der Waals surface area contributed by atoms with Crippen LogP contribution in [0.4, 0.5) is 5.69 Å². The predicted molar refractivity (Wildman–Crippen MR) is 184 cm³/mol. The Labute approximate surface area is 280 Å². The Kier molecular flexibility index (Phi) is 16.2. The van der Waals surface area contributed by atoms with Crippen molar-refractivity contribution in [2.75, 3.05) is 51.1 Å².